The second-order valence-corrected chi connectivity index (χ2v) is 5.00. The van der Waals surface area contributed by atoms with Gasteiger partial charge in [0.2, 0.25) is 0 Å². The van der Waals surface area contributed by atoms with Gasteiger partial charge in [0.1, 0.15) is 0 Å². The molecule has 1 fully saturated rings. The number of piperazine rings is 1. The summed E-state index contributed by atoms with van der Waals surface area (Å²) in [5.74, 6) is -0.541. The molecule has 0 amide bonds. The van der Waals surface area contributed by atoms with Crippen LogP contribution in [0.4, 0.5) is 10.1 Å². The normalized spacial score (nSPS) is 20.7. The fraction of sp³-hybridized carbons (Fsp3) is 0.500. The first kappa shape index (κ1) is 12.9. The quantitative estimate of drug-likeness (QED) is 0.834. The van der Waals surface area contributed by atoms with Gasteiger partial charge >= 0.3 is 0 Å². The predicted octanol–water partition coefficient (Wildman–Crippen LogP) is 3.32. The van der Waals surface area contributed by atoms with Gasteiger partial charge in [0.15, 0.2) is 5.82 Å². The summed E-state index contributed by atoms with van der Waals surface area (Å²) >= 11 is 11.7. The summed E-state index contributed by atoms with van der Waals surface area (Å²) in [6, 6.07) is 3.70. The van der Waals surface area contributed by atoms with Crippen LogP contribution in [0.3, 0.4) is 0 Å². The second-order valence-electron chi connectivity index (χ2n) is 4.18. The van der Waals surface area contributed by atoms with Crippen LogP contribution in [0.15, 0.2) is 12.1 Å². The minimum absolute atomic E-state index is 0.0842. The summed E-state index contributed by atoms with van der Waals surface area (Å²) in [7, 11) is 0. The average Bonchev–Trinajstić information content (AvgIpc) is 2.35. The number of nitrogens with one attached hydrogen (secondary N) is 1. The van der Waals surface area contributed by atoms with E-state index in [4.69, 9.17) is 23.2 Å². The van der Waals surface area contributed by atoms with Crippen molar-refractivity contribution in [1.82, 2.24) is 5.32 Å². The molecule has 2 rings (SSSR count). The van der Waals surface area contributed by atoms with E-state index in [1.54, 1.807) is 12.1 Å². The molecular formula is C12H15Cl2FN2. The van der Waals surface area contributed by atoms with Crippen molar-refractivity contribution < 1.29 is 4.39 Å². The number of nitrogens with zero attached hydrogens (tertiary/aromatic N) is 1. The molecule has 1 unspecified atom stereocenters. The predicted molar refractivity (Wildman–Crippen MR) is 70.7 cm³/mol. The molecule has 1 N–H and O–H groups in total. The molecule has 94 valence electrons. The van der Waals surface area contributed by atoms with Crippen LogP contribution in [0.2, 0.25) is 10.0 Å². The first-order valence-corrected chi connectivity index (χ1v) is 6.51. The van der Waals surface area contributed by atoms with E-state index < -0.39 is 5.82 Å². The highest BCUT2D eigenvalue weighted by molar-refractivity contribution is 6.35. The lowest BCUT2D eigenvalue weighted by Gasteiger charge is -2.37. The van der Waals surface area contributed by atoms with Gasteiger partial charge in [0.05, 0.1) is 10.0 Å². The maximum absolute atomic E-state index is 13.4. The van der Waals surface area contributed by atoms with Gasteiger partial charge in [-0.1, -0.05) is 30.1 Å². The lowest BCUT2D eigenvalue weighted by molar-refractivity contribution is 0.466. The lowest BCUT2D eigenvalue weighted by Crippen LogP contribution is -2.51. The Morgan fingerprint density at radius 2 is 2.06 bits per heavy atom. The summed E-state index contributed by atoms with van der Waals surface area (Å²) in [4.78, 5) is 2.23. The molecule has 1 aliphatic heterocycles. The Hall–Kier alpha value is -0.510. The Balaban J connectivity index is 2.32. The van der Waals surface area contributed by atoms with Gasteiger partial charge in [0.25, 0.3) is 0 Å². The maximum atomic E-state index is 13.4. The summed E-state index contributed by atoms with van der Waals surface area (Å²) in [6.45, 7) is 4.88. The Labute approximate surface area is 111 Å². The van der Waals surface area contributed by atoms with E-state index in [1.165, 1.54) is 0 Å². The number of hydrogen-bond donors (Lipinski definition) is 1. The zero-order valence-corrected chi connectivity index (χ0v) is 11.2. The van der Waals surface area contributed by atoms with Gasteiger partial charge in [-0.15, -0.1) is 0 Å². The van der Waals surface area contributed by atoms with Crippen LogP contribution < -0.4 is 10.2 Å². The van der Waals surface area contributed by atoms with E-state index in [0.717, 1.165) is 31.7 Å². The lowest BCUT2D eigenvalue weighted by atomic mass is 10.1. The monoisotopic (exact) mass is 276 g/mol. The molecule has 0 aromatic heterocycles. The molecule has 0 saturated carbocycles. The highest BCUT2D eigenvalue weighted by Crippen LogP contribution is 2.31. The van der Waals surface area contributed by atoms with Crippen molar-refractivity contribution in [3.05, 3.63) is 28.0 Å². The number of rotatable bonds is 2. The third-order valence-electron chi connectivity index (χ3n) is 3.12. The molecule has 1 aromatic rings. The van der Waals surface area contributed by atoms with Gasteiger partial charge in [-0.3, -0.25) is 0 Å². The van der Waals surface area contributed by atoms with Crippen LogP contribution >= 0.6 is 23.2 Å². The minimum Gasteiger partial charge on any atom is -0.366 e. The van der Waals surface area contributed by atoms with Gasteiger partial charge in [0, 0.05) is 31.4 Å². The Bertz CT molecular complexity index is 388. The average molecular weight is 277 g/mol. The number of benzene rings is 1. The number of hydrogen-bond acceptors (Lipinski definition) is 2. The van der Waals surface area contributed by atoms with Crippen molar-refractivity contribution in [2.75, 3.05) is 24.5 Å². The molecule has 0 bridgehead atoms. The van der Waals surface area contributed by atoms with Crippen LogP contribution in [0.1, 0.15) is 13.3 Å². The van der Waals surface area contributed by atoms with E-state index in [0.29, 0.717) is 6.04 Å². The molecule has 17 heavy (non-hydrogen) atoms. The Kier molecular flexibility index (Phi) is 4.13. The van der Waals surface area contributed by atoms with E-state index in [1.807, 2.05) is 0 Å². The van der Waals surface area contributed by atoms with Gasteiger partial charge < -0.3 is 10.2 Å². The molecule has 1 aliphatic rings. The molecule has 0 spiro atoms. The third-order valence-corrected chi connectivity index (χ3v) is 3.67. The van der Waals surface area contributed by atoms with Crippen molar-refractivity contribution >= 4 is 28.9 Å². The van der Waals surface area contributed by atoms with Crippen molar-refractivity contribution in [2.45, 2.75) is 19.4 Å². The fourth-order valence-electron chi connectivity index (χ4n) is 2.17. The largest absolute Gasteiger partial charge is 0.366 e. The first-order chi connectivity index (χ1) is 8.13. The SMILES string of the molecule is CCC1CNCCN1c1cc(Cl)c(F)c(Cl)c1. The Morgan fingerprint density at radius 3 is 2.65 bits per heavy atom. The van der Waals surface area contributed by atoms with Crippen molar-refractivity contribution in [3.8, 4) is 0 Å². The van der Waals surface area contributed by atoms with Gasteiger partial charge in [-0.25, -0.2) is 4.39 Å². The third kappa shape index (κ3) is 2.67. The maximum Gasteiger partial charge on any atom is 0.160 e. The van der Waals surface area contributed by atoms with E-state index >= 15 is 0 Å². The van der Waals surface area contributed by atoms with Crippen LogP contribution in [-0.2, 0) is 0 Å². The van der Waals surface area contributed by atoms with E-state index in [2.05, 4.69) is 17.1 Å². The fourth-order valence-corrected chi connectivity index (χ4v) is 2.65. The zero-order valence-electron chi connectivity index (χ0n) is 9.64. The van der Waals surface area contributed by atoms with Crippen molar-refractivity contribution in [1.29, 1.82) is 0 Å². The summed E-state index contributed by atoms with van der Waals surface area (Å²) in [5.41, 5.74) is 0.898. The van der Waals surface area contributed by atoms with Crippen LogP contribution in [0.5, 0.6) is 0 Å². The minimum atomic E-state index is -0.541. The molecule has 1 heterocycles. The highest BCUT2D eigenvalue weighted by Gasteiger charge is 2.22. The molecule has 0 aliphatic carbocycles. The zero-order chi connectivity index (χ0) is 12.4. The molecule has 1 saturated heterocycles. The first-order valence-electron chi connectivity index (χ1n) is 5.75. The van der Waals surface area contributed by atoms with Gasteiger partial charge in [-0.2, -0.15) is 0 Å². The molecule has 2 nitrogen and oxygen atoms in total. The molecule has 1 atom stereocenters. The van der Waals surface area contributed by atoms with Crippen LogP contribution in [0.25, 0.3) is 0 Å². The second kappa shape index (κ2) is 5.42. The Morgan fingerprint density at radius 1 is 1.41 bits per heavy atom. The summed E-state index contributed by atoms with van der Waals surface area (Å²) in [6.07, 6.45) is 1.03. The molecular weight excluding hydrogens is 262 g/mol. The molecule has 5 heteroatoms. The summed E-state index contributed by atoms with van der Waals surface area (Å²) < 4.78 is 13.4. The topological polar surface area (TPSA) is 15.3 Å². The summed E-state index contributed by atoms with van der Waals surface area (Å²) in [5, 5.41) is 3.51. The van der Waals surface area contributed by atoms with E-state index in [-0.39, 0.29) is 10.0 Å². The number of anilines is 1. The number of halogens is 3. The van der Waals surface area contributed by atoms with Crippen LogP contribution in [-0.4, -0.2) is 25.7 Å². The highest BCUT2D eigenvalue weighted by atomic mass is 35.5. The molecule has 1 aromatic carbocycles. The van der Waals surface area contributed by atoms with Gasteiger partial charge in [-0.05, 0) is 18.6 Å². The molecule has 0 radical (unpaired) electrons. The van der Waals surface area contributed by atoms with Crippen molar-refractivity contribution in [3.63, 3.8) is 0 Å². The smallest absolute Gasteiger partial charge is 0.160 e. The van der Waals surface area contributed by atoms with Crippen LogP contribution in [0, 0.1) is 5.82 Å². The van der Waals surface area contributed by atoms with Crippen molar-refractivity contribution in [2.24, 2.45) is 0 Å². The standard InChI is InChI=1S/C12H15Cl2FN2/c1-2-8-7-16-3-4-17(8)9-5-10(13)12(15)11(14)6-9/h5-6,8,16H,2-4,7H2,1H3. The van der Waals surface area contributed by atoms with E-state index in [9.17, 15) is 4.39 Å².